The van der Waals surface area contributed by atoms with Gasteiger partial charge in [0, 0.05) is 0 Å². The van der Waals surface area contributed by atoms with Crippen molar-refractivity contribution in [1.29, 1.82) is 0 Å². The fourth-order valence-corrected chi connectivity index (χ4v) is 3.39. The van der Waals surface area contributed by atoms with Crippen LogP contribution in [0.1, 0.15) is 33.6 Å². The standard InChI is InChI=1S/C15H26N2O/c1-7-8-18-16-13-9-11-12(14(11,2)3)10-15(13,4)17(5)6/h7,11-12H,1,8-10H2,2-6H3. The molecule has 0 aromatic carbocycles. The van der Waals surface area contributed by atoms with Crippen molar-refractivity contribution in [3.05, 3.63) is 12.7 Å². The molecule has 2 fully saturated rings. The molecule has 0 spiro atoms. The van der Waals surface area contributed by atoms with E-state index in [1.807, 2.05) is 0 Å². The molecule has 3 nitrogen and oxygen atoms in total. The summed E-state index contributed by atoms with van der Waals surface area (Å²) in [7, 11) is 4.28. The second kappa shape index (κ2) is 4.37. The maximum Gasteiger partial charge on any atom is 0.135 e. The fraction of sp³-hybridized carbons (Fsp3) is 0.800. The third kappa shape index (κ3) is 1.99. The Morgan fingerprint density at radius 3 is 2.61 bits per heavy atom. The first kappa shape index (κ1) is 13.6. The van der Waals surface area contributed by atoms with Crippen molar-refractivity contribution in [2.75, 3.05) is 20.7 Å². The van der Waals surface area contributed by atoms with Crippen LogP contribution in [0, 0.1) is 17.3 Å². The molecule has 0 aromatic heterocycles. The third-order valence-electron chi connectivity index (χ3n) is 5.29. The predicted octanol–water partition coefficient (Wildman–Crippen LogP) is 2.93. The average Bonchev–Trinajstić information content (AvgIpc) is 2.80. The monoisotopic (exact) mass is 250 g/mol. The Bertz CT molecular complexity index is 373. The van der Waals surface area contributed by atoms with E-state index in [2.05, 4.69) is 51.5 Å². The summed E-state index contributed by atoms with van der Waals surface area (Å²) in [6.45, 7) is 11.2. The molecule has 102 valence electrons. The average molecular weight is 250 g/mol. The highest BCUT2D eigenvalue weighted by atomic mass is 16.6. The lowest BCUT2D eigenvalue weighted by molar-refractivity contribution is 0.153. The molecule has 0 aromatic rings. The molecule has 2 rings (SSSR count). The van der Waals surface area contributed by atoms with Gasteiger partial charge in [0.15, 0.2) is 0 Å². The van der Waals surface area contributed by atoms with Gasteiger partial charge in [-0.05, 0) is 51.1 Å². The smallest absolute Gasteiger partial charge is 0.135 e. The molecular weight excluding hydrogens is 224 g/mol. The van der Waals surface area contributed by atoms with Crippen LogP contribution in [0.4, 0.5) is 0 Å². The Balaban J connectivity index is 2.19. The van der Waals surface area contributed by atoms with Crippen LogP contribution in [-0.2, 0) is 4.84 Å². The molecule has 0 heterocycles. The molecule has 0 radical (unpaired) electrons. The predicted molar refractivity (Wildman–Crippen MR) is 75.7 cm³/mol. The number of rotatable bonds is 4. The summed E-state index contributed by atoms with van der Waals surface area (Å²) in [6.07, 6.45) is 4.00. The lowest BCUT2D eigenvalue weighted by atomic mass is 9.80. The number of hydrogen-bond acceptors (Lipinski definition) is 3. The lowest BCUT2D eigenvalue weighted by Gasteiger charge is -2.40. The van der Waals surface area contributed by atoms with Gasteiger partial charge in [0.05, 0.1) is 11.3 Å². The van der Waals surface area contributed by atoms with Gasteiger partial charge in [-0.15, -0.1) is 0 Å². The first-order valence-corrected chi connectivity index (χ1v) is 6.81. The van der Waals surface area contributed by atoms with E-state index < -0.39 is 0 Å². The Morgan fingerprint density at radius 2 is 2.06 bits per heavy atom. The van der Waals surface area contributed by atoms with Gasteiger partial charge in [0.25, 0.3) is 0 Å². The van der Waals surface area contributed by atoms with E-state index in [1.54, 1.807) is 6.08 Å². The van der Waals surface area contributed by atoms with Gasteiger partial charge in [0.2, 0.25) is 0 Å². The van der Waals surface area contributed by atoms with Crippen LogP contribution < -0.4 is 0 Å². The maximum absolute atomic E-state index is 5.35. The van der Waals surface area contributed by atoms with E-state index in [9.17, 15) is 0 Å². The molecule has 2 aliphatic rings. The summed E-state index contributed by atoms with van der Waals surface area (Å²) >= 11 is 0. The van der Waals surface area contributed by atoms with E-state index in [1.165, 1.54) is 12.1 Å². The van der Waals surface area contributed by atoms with Crippen LogP contribution >= 0.6 is 0 Å². The van der Waals surface area contributed by atoms with E-state index in [4.69, 9.17) is 4.84 Å². The molecule has 0 N–H and O–H groups in total. The summed E-state index contributed by atoms with van der Waals surface area (Å²) < 4.78 is 0. The highest BCUT2D eigenvalue weighted by molar-refractivity contribution is 5.94. The quantitative estimate of drug-likeness (QED) is 0.435. The molecule has 3 unspecified atom stereocenters. The van der Waals surface area contributed by atoms with Crippen molar-refractivity contribution in [2.45, 2.75) is 39.2 Å². The van der Waals surface area contributed by atoms with Gasteiger partial charge < -0.3 is 4.84 Å². The molecule has 0 amide bonds. The molecule has 2 saturated carbocycles. The number of oxime groups is 1. The van der Waals surface area contributed by atoms with Gasteiger partial charge >= 0.3 is 0 Å². The Kier molecular flexibility index (Phi) is 3.30. The number of hydrogen-bond donors (Lipinski definition) is 0. The fourth-order valence-electron chi connectivity index (χ4n) is 3.39. The summed E-state index contributed by atoms with van der Waals surface area (Å²) in [4.78, 5) is 7.63. The van der Waals surface area contributed by atoms with Crippen LogP contribution in [0.3, 0.4) is 0 Å². The van der Waals surface area contributed by atoms with Gasteiger partial charge in [-0.2, -0.15) is 0 Å². The van der Waals surface area contributed by atoms with Crippen LogP contribution in [0.5, 0.6) is 0 Å². The minimum absolute atomic E-state index is 0.0378. The third-order valence-corrected chi connectivity index (χ3v) is 5.29. The second-order valence-electron chi connectivity index (χ2n) is 6.73. The van der Waals surface area contributed by atoms with E-state index in [0.717, 1.165) is 18.3 Å². The minimum atomic E-state index is 0.0378. The SMILES string of the molecule is C=CCON=C1CC2C(CC1(C)N(C)C)C2(C)C. The largest absolute Gasteiger partial charge is 0.392 e. The molecule has 3 atom stereocenters. The summed E-state index contributed by atoms with van der Waals surface area (Å²) in [6, 6.07) is 0. The lowest BCUT2D eigenvalue weighted by Crippen LogP contribution is -2.51. The summed E-state index contributed by atoms with van der Waals surface area (Å²) in [5.41, 5.74) is 1.71. The first-order chi connectivity index (χ1) is 8.34. The van der Waals surface area contributed by atoms with E-state index in [-0.39, 0.29) is 5.54 Å². The molecule has 2 aliphatic carbocycles. The topological polar surface area (TPSA) is 24.8 Å². The van der Waals surface area contributed by atoms with Crippen LogP contribution in [0.2, 0.25) is 0 Å². The Labute approximate surface area is 111 Å². The summed E-state index contributed by atoms with van der Waals surface area (Å²) in [5.74, 6) is 1.62. The van der Waals surface area contributed by atoms with Gasteiger partial charge in [-0.25, -0.2) is 0 Å². The maximum atomic E-state index is 5.35. The Morgan fingerprint density at radius 1 is 1.39 bits per heavy atom. The molecule has 0 saturated heterocycles. The normalized spacial score (nSPS) is 39.6. The zero-order valence-corrected chi connectivity index (χ0v) is 12.4. The van der Waals surface area contributed by atoms with Crippen molar-refractivity contribution in [3.63, 3.8) is 0 Å². The molecule has 3 heteroatoms. The Hall–Kier alpha value is -0.830. The van der Waals surface area contributed by atoms with E-state index >= 15 is 0 Å². The second-order valence-corrected chi connectivity index (χ2v) is 6.73. The zero-order chi connectivity index (χ0) is 13.6. The molecule has 0 aliphatic heterocycles. The highest BCUT2D eigenvalue weighted by Gasteiger charge is 2.63. The van der Waals surface area contributed by atoms with Crippen molar-refractivity contribution < 1.29 is 4.84 Å². The van der Waals surface area contributed by atoms with Crippen molar-refractivity contribution in [2.24, 2.45) is 22.4 Å². The zero-order valence-electron chi connectivity index (χ0n) is 12.4. The van der Waals surface area contributed by atoms with Crippen LogP contribution in [0.25, 0.3) is 0 Å². The van der Waals surface area contributed by atoms with Crippen molar-refractivity contribution >= 4 is 5.71 Å². The summed E-state index contributed by atoms with van der Waals surface area (Å²) in [5, 5.41) is 4.39. The number of nitrogens with zero attached hydrogens (tertiary/aromatic N) is 2. The van der Waals surface area contributed by atoms with Crippen LogP contribution in [0.15, 0.2) is 17.8 Å². The molecule has 0 bridgehead atoms. The van der Waals surface area contributed by atoms with Crippen molar-refractivity contribution in [3.8, 4) is 0 Å². The number of fused-ring (bicyclic) bond motifs is 1. The van der Waals surface area contributed by atoms with Crippen LogP contribution in [-0.4, -0.2) is 36.9 Å². The van der Waals surface area contributed by atoms with Gasteiger partial charge in [0.1, 0.15) is 6.61 Å². The van der Waals surface area contributed by atoms with Crippen molar-refractivity contribution in [1.82, 2.24) is 4.90 Å². The molecular formula is C15H26N2O. The molecule has 18 heavy (non-hydrogen) atoms. The van der Waals surface area contributed by atoms with Gasteiger partial charge in [-0.1, -0.05) is 31.7 Å². The van der Waals surface area contributed by atoms with E-state index in [0.29, 0.717) is 12.0 Å². The first-order valence-electron chi connectivity index (χ1n) is 6.81. The van der Waals surface area contributed by atoms with Gasteiger partial charge in [-0.3, -0.25) is 4.90 Å². The minimum Gasteiger partial charge on any atom is -0.392 e. The highest BCUT2D eigenvalue weighted by Crippen LogP contribution is 2.66.